The van der Waals surface area contributed by atoms with E-state index >= 15 is 0 Å². The number of likely N-dealkylation sites (tertiary alicyclic amines) is 2. The Kier molecular flexibility index (Phi) is 9.21. The Hall–Kier alpha value is -3.76. The maximum absolute atomic E-state index is 13.0. The zero-order valence-corrected chi connectivity index (χ0v) is 25.9. The van der Waals surface area contributed by atoms with Crippen molar-refractivity contribution in [2.45, 2.75) is 69.2 Å². The van der Waals surface area contributed by atoms with E-state index in [9.17, 15) is 27.9 Å². The van der Waals surface area contributed by atoms with E-state index in [1.165, 1.54) is 12.1 Å². The molecule has 3 fully saturated rings. The number of carbonyl (C=O) groups excluding carboxylic acids is 2. The summed E-state index contributed by atoms with van der Waals surface area (Å²) in [6.07, 6.45) is 18.3. The molecule has 0 radical (unpaired) electrons. The van der Waals surface area contributed by atoms with Crippen LogP contribution >= 0.6 is 0 Å². The number of halogens is 3. The number of aliphatic imine (C=N–C) groups is 1. The topological polar surface area (TPSA) is 85.2 Å². The van der Waals surface area contributed by atoms with Crippen LogP contribution in [0.15, 0.2) is 89.1 Å². The molecule has 2 amide bonds. The predicted molar refractivity (Wildman–Crippen MR) is 171 cm³/mol. The molecular weight excluding hydrogens is 593 g/mol. The molecule has 6 rings (SSSR count). The van der Waals surface area contributed by atoms with Gasteiger partial charge in [-0.15, -0.1) is 0 Å². The van der Waals surface area contributed by atoms with E-state index in [1.54, 1.807) is 4.90 Å². The van der Waals surface area contributed by atoms with Gasteiger partial charge in [-0.05, 0) is 86.9 Å². The summed E-state index contributed by atoms with van der Waals surface area (Å²) in [5.41, 5.74) is 1.32. The highest BCUT2D eigenvalue weighted by atomic mass is 19.4. The predicted octanol–water partition coefficient (Wildman–Crippen LogP) is 5.76. The molecule has 1 spiro atoms. The van der Waals surface area contributed by atoms with Crippen molar-refractivity contribution in [3.63, 3.8) is 0 Å². The lowest BCUT2D eigenvalue weighted by molar-refractivity contribution is -0.137. The standard InChI is InChI=1S/C36H41F3N4O3/c37-36(38,39)29-9-5-7-27(22-29)33(45)41-23-32(44)43-21-18-34(25-43)17-20-42(24-34)30-13-15-35(46,16-14-30)28-8-4-6-26(11-12-28)31-10-2-1-3-19-40-31/h1-7,9,11-12,19,22,30,46H,8,10,13-18,20-21,23-25H2,(H,41,45). The van der Waals surface area contributed by atoms with Crippen molar-refractivity contribution in [2.24, 2.45) is 10.4 Å². The molecule has 0 bridgehead atoms. The van der Waals surface area contributed by atoms with Crippen molar-refractivity contribution in [3.05, 3.63) is 95.3 Å². The molecule has 2 aliphatic carbocycles. The van der Waals surface area contributed by atoms with E-state index in [0.29, 0.717) is 32.0 Å². The zero-order valence-electron chi connectivity index (χ0n) is 25.9. The Morgan fingerprint density at radius 2 is 1.80 bits per heavy atom. The largest absolute Gasteiger partial charge is 0.416 e. The maximum Gasteiger partial charge on any atom is 0.416 e. The first-order valence-electron chi connectivity index (χ1n) is 16.2. The van der Waals surface area contributed by atoms with Gasteiger partial charge in [0.25, 0.3) is 5.91 Å². The van der Waals surface area contributed by atoms with E-state index in [2.05, 4.69) is 45.6 Å². The number of aliphatic hydroxyl groups is 1. The summed E-state index contributed by atoms with van der Waals surface area (Å²) in [7, 11) is 0. The van der Waals surface area contributed by atoms with Crippen LogP contribution in [0, 0.1) is 5.41 Å². The van der Waals surface area contributed by atoms with Gasteiger partial charge in [0.1, 0.15) is 0 Å². The van der Waals surface area contributed by atoms with Crippen LogP contribution in [0.1, 0.15) is 67.3 Å². The highest BCUT2D eigenvalue weighted by Crippen LogP contribution is 2.44. The number of allylic oxidation sites excluding steroid dienone is 8. The van der Waals surface area contributed by atoms with Crippen LogP contribution in [0.2, 0.25) is 0 Å². The molecule has 5 aliphatic rings. The Morgan fingerprint density at radius 3 is 2.61 bits per heavy atom. The summed E-state index contributed by atoms with van der Waals surface area (Å²) in [4.78, 5) is 34.3. The number of nitrogens with one attached hydrogen (secondary N) is 1. The number of carbonyl (C=O) groups is 2. The van der Waals surface area contributed by atoms with Crippen LogP contribution in [0.4, 0.5) is 13.2 Å². The van der Waals surface area contributed by atoms with Crippen LogP contribution in [-0.4, -0.2) is 76.8 Å². The summed E-state index contributed by atoms with van der Waals surface area (Å²) in [5.74, 6) is -0.922. The SMILES string of the molecule is O=C(NCC(=O)N1CCC2(CCN(C3CCC(O)(C4=CC=C(C5=NC=CC=CC5)C=CC4)CC3)C2)C1)c1cccc(C(F)(F)F)c1. The number of benzene rings is 1. The molecule has 1 aromatic carbocycles. The minimum absolute atomic E-state index is 0.00929. The minimum atomic E-state index is -4.55. The van der Waals surface area contributed by atoms with Gasteiger partial charge in [-0.1, -0.05) is 42.5 Å². The monoisotopic (exact) mass is 634 g/mol. The normalized spacial score (nSPS) is 28.5. The number of hydrogen-bond acceptors (Lipinski definition) is 5. The molecule has 10 heteroatoms. The van der Waals surface area contributed by atoms with Crippen LogP contribution in [0.5, 0.6) is 0 Å². The summed E-state index contributed by atoms with van der Waals surface area (Å²) in [6, 6.07) is 4.59. The van der Waals surface area contributed by atoms with Crippen molar-refractivity contribution < 1.29 is 27.9 Å². The van der Waals surface area contributed by atoms with Gasteiger partial charge >= 0.3 is 6.18 Å². The first kappa shape index (κ1) is 32.2. The van der Waals surface area contributed by atoms with E-state index in [-0.39, 0.29) is 23.4 Å². The number of nitrogens with zero attached hydrogens (tertiary/aromatic N) is 3. The number of amides is 2. The molecule has 1 unspecified atom stereocenters. The quantitative estimate of drug-likeness (QED) is 0.417. The lowest BCUT2D eigenvalue weighted by Crippen LogP contribution is -2.45. The fourth-order valence-corrected chi connectivity index (χ4v) is 7.59. The van der Waals surface area contributed by atoms with Crippen molar-refractivity contribution >= 4 is 17.5 Å². The summed E-state index contributed by atoms with van der Waals surface area (Å²) < 4.78 is 39.1. The van der Waals surface area contributed by atoms with Gasteiger partial charge in [-0.2, -0.15) is 13.2 Å². The average molecular weight is 635 g/mol. The fourth-order valence-electron chi connectivity index (χ4n) is 7.59. The molecule has 244 valence electrons. The molecule has 46 heavy (non-hydrogen) atoms. The van der Waals surface area contributed by atoms with E-state index in [1.807, 2.05) is 18.4 Å². The van der Waals surface area contributed by atoms with Gasteiger partial charge in [-0.25, -0.2) is 0 Å². The number of rotatable bonds is 6. The third-order valence-corrected chi connectivity index (χ3v) is 10.3. The number of alkyl halides is 3. The highest BCUT2D eigenvalue weighted by Gasteiger charge is 2.47. The molecule has 1 atom stereocenters. The fraction of sp³-hybridized carbons (Fsp3) is 0.472. The first-order valence-corrected chi connectivity index (χ1v) is 16.2. The van der Waals surface area contributed by atoms with Crippen molar-refractivity contribution in [1.29, 1.82) is 0 Å². The van der Waals surface area contributed by atoms with E-state index in [4.69, 9.17) is 0 Å². The molecule has 2 saturated heterocycles. The van der Waals surface area contributed by atoms with E-state index in [0.717, 1.165) is 80.6 Å². The van der Waals surface area contributed by atoms with E-state index < -0.39 is 23.2 Å². The maximum atomic E-state index is 13.0. The van der Waals surface area contributed by atoms with Gasteiger partial charge < -0.3 is 15.3 Å². The second-order valence-electron chi connectivity index (χ2n) is 13.3. The Labute approximate surface area is 267 Å². The Bertz CT molecular complexity index is 1530. The van der Waals surface area contributed by atoms with Gasteiger partial charge in [0.05, 0.1) is 23.4 Å². The van der Waals surface area contributed by atoms with Crippen LogP contribution < -0.4 is 5.32 Å². The third kappa shape index (κ3) is 7.13. The van der Waals surface area contributed by atoms with Gasteiger partial charge in [0.2, 0.25) is 5.91 Å². The third-order valence-electron chi connectivity index (χ3n) is 10.3. The van der Waals surface area contributed by atoms with Crippen LogP contribution in [0.3, 0.4) is 0 Å². The smallest absolute Gasteiger partial charge is 0.385 e. The summed E-state index contributed by atoms with van der Waals surface area (Å²) >= 11 is 0. The molecule has 1 saturated carbocycles. The zero-order chi connectivity index (χ0) is 32.4. The van der Waals surface area contributed by atoms with Crippen LogP contribution in [0.25, 0.3) is 0 Å². The average Bonchev–Trinajstić information content (AvgIpc) is 3.43. The molecule has 3 aliphatic heterocycles. The Balaban J connectivity index is 0.987. The molecule has 0 aromatic heterocycles. The molecule has 3 heterocycles. The number of hydrogen-bond donors (Lipinski definition) is 2. The summed E-state index contributed by atoms with van der Waals surface area (Å²) in [5, 5.41) is 14.2. The van der Waals surface area contributed by atoms with Gasteiger partial charge in [0, 0.05) is 49.3 Å². The lowest BCUT2D eigenvalue weighted by Gasteiger charge is -2.41. The second-order valence-corrected chi connectivity index (χ2v) is 13.3. The molecule has 7 nitrogen and oxygen atoms in total. The summed E-state index contributed by atoms with van der Waals surface area (Å²) in [6.45, 7) is 2.83. The Morgan fingerprint density at radius 1 is 1.00 bits per heavy atom. The highest BCUT2D eigenvalue weighted by molar-refractivity contribution is 6.04. The molecule has 1 aromatic rings. The van der Waals surface area contributed by atoms with Crippen molar-refractivity contribution in [2.75, 3.05) is 32.7 Å². The van der Waals surface area contributed by atoms with Gasteiger partial charge in [0.15, 0.2) is 0 Å². The molecular formula is C36H41F3N4O3. The first-order chi connectivity index (χ1) is 22.0. The second kappa shape index (κ2) is 13.2. The minimum Gasteiger partial charge on any atom is -0.385 e. The van der Waals surface area contributed by atoms with Gasteiger partial charge in [-0.3, -0.25) is 19.5 Å². The lowest BCUT2D eigenvalue weighted by atomic mass is 9.76. The van der Waals surface area contributed by atoms with Crippen molar-refractivity contribution in [1.82, 2.24) is 15.1 Å². The van der Waals surface area contributed by atoms with Crippen molar-refractivity contribution in [3.8, 4) is 0 Å². The van der Waals surface area contributed by atoms with Crippen LogP contribution in [-0.2, 0) is 11.0 Å². The molecule has 2 N–H and O–H groups in total.